The molecule has 1 heterocycles. The minimum absolute atomic E-state index is 0.510. The zero-order chi connectivity index (χ0) is 12.0. The van der Waals surface area contributed by atoms with Gasteiger partial charge in [0.1, 0.15) is 0 Å². The number of hydrogen-bond donors (Lipinski definition) is 2. The van der Waals surface area contributed by atoms with Crippen molar-refractivity contribution >= 4 is 17.7 Å². The topological polar surface area (TPSA) is 49.3 Å². The highest BCUT2D eigenvalue weighted by molar-refractivity contribution is 7.99. The van der Waals surface area contributed by atoms with Gasteiger partial charge in [-0.3, -0.25) is 4.79 Å². The molecule has 2 N–H and O–H groups in total. The predicted molar refractivity (Wildman–Crippen MR) is 69.0 cm³/mol. The quantitative estimate of drug-likeness (QED) is 0.754. The van der Waals surface area contributed by atoms with Crippen LogP contribution in [0.2, 0.25) is 0 Å². The molecule has 0 aromatic carbocycles. The fourth-order valence-corrected chi connectivity index (χ4v) is 3.23. The molecule has 0 radical (unpaired) electrons. The Morgan fingerprint density at radius 1 is 1.50 bits per heavy atom. The average molecular weight is 245 g/mol. The van der Waals surface area contributed by atoms with Gasteiger partial charge in [0.15, 0.2) is 0 Å². The first kappa shape index (κ1) is 13.8. The van der Waals surface area contributed by atoms with Crippen LogP contribution in [0, 0.1) is 5.41 Å². The molecule has 1 saturated heterocycles. The highest BCUT2D eigenvalue weighted by atomic mass is 32.2. The van der Waals surface area contributed by atoms with Crippen molar-refractivity contribution in [1.82, 2.24) is 5.32 Å². The van der Waals surface area contributed by atoms with E-state index in [9.17, 15) is 9.90 Å². The van der Waals surface area contributed by atoms with E-state index in [2.05, 4.69) is 5.32 Å². The lowest BCUT2D eigenvalue weighted by Gasteiger charge is -2.31. The fraction of sp³-hybridized carbons (Fsp3) is 0.917. The van der Waals surface area contributed by atoms with Crippen molar-refractivity contribution < 1.29 is 9.90 Å². The highest BCUT2D eigenvalue weighted by Gasteiger charge is 2.35. The van der Waals surface area contributed by atoms with Crippen LogP contribution in [0.5, 0.6) is 0 Å². The standard InChI is InChI=1S/C12H23NO2S/c1-3-12(4-2,11(14)15)9-13-10-6-5-7-16-8-10/h10,13H,3-9H2,1-2H3,(H,14,15). The molecule has 1 aliphatic heterocycles. The molecule has 94 valence electrons. The maximum Gasteiger partial charge on any atom is 0.310 e. The Balaban J connectivity index is 2.45. The van der Waals surface area contributed by atoms with E-state index in [1.807, 2.05) is 25.6 Å². The van der Waals surface area contributed by atoms with Crippen LogP contribution < -0.4 is 5.32 Å². The number of rotatable bonds is 6. The van der Waals surface area contributed by atoms with E-state index in [0.717, 1.165) is 5.75 Å². The Hall–Kier alpha value is -0.220. The molecule has 1 unspecified atom stereocenters. The van der Waals surface area contributed by atoms with Gasteiger partial charge in [-0.1, -0.05) is 13.8 Å². The lowest BCUT2D eigenvalue weighted by Crippen LogP contribution is -2.45. The third kappa shape index (κ3) is 3.39. The molecule has 1 rings (SSSR count). The minimum Gasteiger partial charge on any atom is -0.481 e. The molecule has 16 heavy (non-hydrogen) atoms. The summed E-state index contributed by atoms with van der Waals surface area (Å²) in [6.45, 7) is 4.55. The molecule has 3 nitrogen and oxygen atoms in total. The Morgan fingerprint density at radius 3 is 2.62 bits per heavy atom. The molecule has 0 saturated carbocycles. The molecular formula is C12H23NO2S. The van der Waals surface area contributed by atoms with Gasteiger partial charge in [-0.25, -0.2) is 0 Å². The van der Waals surface area contributed by atoms with Crippen LogP contribution in [0.1, 0.15) is 39.5 Å². The number of hydrogen-bond acceptors (Lipinski definition) is 3. The second-order valence-electron chi connectivity index (χ2n) is 4.59. The van der Waals surface area contributed by atoms with E-state index >= 15 is 0 Å². The summed E-state index contributed by atoms with van der Waals surface area (Å²) in [5.41, 5.74) is -0.567. The fourth-order valence-electron chi connectivity index (χ4n) is 2.12. The van der Waals surface area contributed by atoms with Gasteiger partial charge in [-0.15, -0.1) is 0 Å². The number of carboxylic acid groups (broad SMARTS) is 1. The summed E-state index contributed by atoms with van der Waals surface area (Å²) in [7, 11) is 0. The SMILES string of the molecule is CCC(CC)(CNC1CCCSC1)C(=O)O. The van der Waals surface area contributed by atoms with Crippen molar-refractivity contribution in [3.8, 4) is 0 Å². The molecule has 1 fully saturated rings. The van der Waals surface area contributed by atoms with E-state index in [-0.39, 0.29) is 0 Å². The molecular weight excluding hydrogens is 222 g/mol. The van der Waals surface area contributed by atoms with Crippen molar-refractivity contribution in [1.29, 1.82) is 0 Å². The first-order valence-electron chi connectivity index (χ1n) is 6.19. The molecule has 0 amide bonds. The van der Waals surface area contributed by atoms with E-state index in [1.165, 1.54) is 18.6 Å². The zero-order valence-corrected chi connectivity index (χ0v) is 11.1. The van der Waals surface area contributed by atoms with Crippen LogP contribution in [0.15, 0.2) is 0 Å². The number of thioether (sulfide) groups is 1. The molecule has 0 aromatic heterocycles. The van der Waals surface area contributed by atoms with Crippen LogP contribution in [-0.2, 0) is 4.79 Å². The van der Waals surface area contributed by atoms with Gasteiger partial charge in [0.2, 0.25) is 0 Å². The minimum atomic E-state index is -0.659. The van der Waals surface area contributed by atoms with Crippen LogP contribution >= 0.6 is 11.8 Å². The summed E-state index contributed by atoms with van der Waals surface area (Å²) in [6.07, 6.45) is 3.84. The number of carboxylic acids is 1. The van der Waals surface area contributed by atoms with Gasteiger partial charge >= 0.3 is 5.97 Å². The zero-order valence-electron chi connectivity index (χ0n) is 10.3. The average Bonchev–Trinajstić information content (AvgIpc) is 2.32. The van der Waals surface area contributed by atoms with E-state index in [1.54, 1.807) is 0 Å². The molecule has 4 heteroatoms. The first-order chi connectivity index (χ1) is 7.64. The summed E-state index contributed by atoms with van der Waals surface area (Å²) in [5, 5.41) is 12.8. The van der Waals surface area contributed by atoms with Crippen LogP contribution in [0.25, 0.3) is 0 Å². The lowest BCUT2D eigenvalue weighted by molar-refractivity contribution is -0.149. The molecule has 0 aromatic rings. The van der Waals surface area contributed by atoms with Crippen molar-refractivity contribution in [2.24, 2.45) is 5.41 Å². The molecule has 0 bridgehead atoms. The summed E-state index contributed by atoms with van der Waals surface area (Å²) >= 11 is 1.97. The van der Waals surface area contributed by atoms with Gasteiger partial charge in [-0.05, 0) is 31.4 Å². The third-order valence-corrected chi connectivity index (χ3v) is 4.91. The van der Waals surface area contributed by atoms with Gasteiger partial charge in [0, 0.05) is 18.3 Å². The van der Waals surface area contributed by atoms with Gasteiger partial charge in [0.25, 0.3) is 0 Å². The monoisotopic (exact) mass is 245 g/mol. The summed E-state index contributed by atoms with van der Waals surface area (Å²) in [5.74, 6) is 1.72. The summed E-state index contributed by atoms with van der Waals surface area (Å²) in [6, 6.07) is 0.510. The van der Waals surface area contributed by atoms with Gasteiger partial charge in [0.05, 0.1) is 5.41 Å². The van der Waals surface area contributed by atoms with E-state index < -0.39 is 11.4 Å². The van der Waals surface area contributed by atoms with E-state index in [0.29, 0.717) is 25.4 Å². The van der Waals surface area contributed by atoms with E-state index in [4.69, 9.17) is 0 Å². The lowest BCUT2D eigenvalue weighted by atomic mass is 9.82. The van der Waals surface area contributed by atoms with Crippen molar-refractivity contribution in [3.05, 3.63) is 0 Å². The van der Waals surface area contributed by atoms with Crippen LogP contribution in [0.3, 0.4) is 0 Å². The normalized spacial score (nSPS) is 22.0. The van der Waals surface area contributed by atoms with Crippen LogP contribution in [-0.4, -0.2) is 35.2 Å². The Labute approximate surface area is 102 Å². The molecule has 0 spiro atoms. The van der Waals surface area contributed by atoms with Gasteiger partial charge < -0.3 is 10.4 Å². The predicted octanol–water partition coefficient (Wildman–Crippen LogP) is 2.36. The number of nitrogens with one attached hydrogen (secondary N) is 1. The highest BCUT2D eigenvalue weighted by Crippen LogP contribution is 2.26. The van der Waals surface area contributed by atoms with Gasteiger partial charge in [-0.2, -0.15) is 11.8 Å². The molecule has 1 aliphatic rings. The van der Waals surface area contributed by atoms with Crippen molar-refractivity contribution in [2.75, 3.05) is 18.1 Å². The Kier molecular flexibility index (Phi) is 5.62. The second-order valence-corrected chi connectivity index (χ2v) is 5.74. The number of aliphatic carboxylic acids is 1. The Bertz CT molecular complexity index is 223. The Morgan fingerprint density at radius 2 is 2.19 bits per heavy atom. The first-order valence-corrected chi connectivity index (χ1v) is 7.34. The number of carbonyl (C=O) groups is 1. The molecule has 0 aliphatic carbocycles. The maximum atomic E-state index is 11.3. The molecule has 1 atom stereocenters. The maximum absolute atomic E-state index is 11.3. The van der Waals surface area contributed by atoms with Crippen LogP contribution in [0.4, 0.5) is 0 Å². The summed E-state index contributed by atoms with van der Waals surface area (Å²) in [4.78, 5) is 11.3. The second kappa shape index (κ2) is 6.50. The van der Waals surface area contributed by atoms with Crippen molar-refractivity contribution in [3.63, 3.8) is 0 Å². The third-order valence-electron chi connectivity index (χ3n) is 3.70. The smallest absolute Gasteiger partial charge is 0.310 e. The largest absolute Gasteiger partial charge is 0.481 e. The summed E-state index contributed by atoms with van der Waals surface area (Å²) < 4.78 is 0. The van der Waals surface area contributed by atoms with Crippen molar-refractivity contribution in [2.45, 2.75) is 45.6 Å².